The molecule has 0 saturated carbocycles. The van der Waals surface area contributed by atoms with Crippen molar-refractivity contribution in [2.75, 3.05) is 26.7 Å². The first kappa shape index (κ1) is 17.3. The molecule has 0 radical (unpaired) electrons. The van der Waals surface area contributed by atoms with Crippen molar-refractivity contribution in [3.05, 3.63) is 0 Å². The van der Waals surface area contributed by atoms with Crippen molar-refractivity contribution in [1.29, 1.82) is 5.41 Å². The standard InChI is InChI=1S/C17H32N4O/c1-4-6-10-17(15(22)20(3)16(18)19-17)14-9-8-12-21(13-14)11-7-5-2/h14H,4-13H2,1-3H3,(H2,18,19)/t14?,17-/m1/s1. The van der Waals surface area contributed by atoms with E-state index in [-0.39, 0.29) is 11.9 Å². The number of carbonyl (C=O) groups is 1. The van der Waals surface area contributed by atoms with Crippen molar-refractivity contribution < 1.29 is 4.79 Å². The van der Waals surface area contributed by atoms with Crippen LogP contribution in [0.1, 0.15) is 58.8 Å². The Morgan fingerprint density at radius 3 is 2.64 bits per heavy atom. The van der Waals surface area contributed by atoms with Crippen molar-refractivity contribution in [3.63, 3.8) is 0 Å². The first-order valence-corrected chi connectivity index (χ1v) is 8.92. The van der Waals surface area contributed by atoms with E-state index in [9.17, 15) is 4.79 Å². The van der Waals surface area contributed by atoms with E-state index in [2.05, 4.69) is 24.1 Å². The minimum Gasteiger partial charge on any atom is -0.341 e. The van der Waals surface area contributed by atoms with Crippen LogP contribution in [0.5, 0.6) is 0 Å². The Bertz CT molecular complexity index is 411. The third kappa shape index (κ3) is 3.29. The van der Waals surface area contributed by atoms with Crippen LogP contribution in [0.25, 0.3) is 0 Å². The number of unbranched alkanes of at least 4 members (excludes halogenated alkanes) is 2. The molecule has 5 nitrogen and oxygen atoms in total. The molecule has 2 heterocycles. The molecule has 2 fully saturated rings. The Morgan fingerprint density at radius 1 is 1.32 bits per heavy atom. The predicted octanol–water partition coefficient (Wildman–Crippen LogP) is 2.42. The fourth-order valence-electron chi connectivity index (χ4n) is 3.90. The van der Waals surface area contributed by atoms with Gasteiger partial charge < -0.3 is 10.2 Å². The van der Waals surface area contributed by atoms with E-state index in [0.717, 1.165) is 51.7 Å². The highest BCUT2D eigenvalue weighted by Gasteiger charge is 2.53. The van der Waals surface area contributed by atoms with Gasteiger partial charge in [-0.2, -0.15) is 0 Å². The molecule has 22 heavy (non-hydrogen) atoms. The third-order valence-electron chi connectivity index (χ3n) is 5.32. The number of amides is 1. The van der Waals surface area contributed by atoms with Gasteiger partial charge in [-0.15, -0.1) is 0 Å². The molecule has 1 unspecified atom stereocenters. The van der Waals surface area contributed by atoms with Gasteiger partial charge in [0.25, 0.3) is 5.91 Å². The molecule has 0 bridgehead atoms. The van der Waals surface area contributed by atoms with Crippen LogP contribution < -0.4 is 5.32 Å². The number of likely N-dealkylation sites (N-methyl/N-ethyl adjacent to an activating group) is 1. The van der Waals surface area contributed by atoms with Gasteiger partial charge in [0.1, 0.15) is 5.54 Å². The lowest BCUT2D eigenvalue weighted by atomic mass is 9.75. The average molecular weight is 308 g/mol. The minimum atomic E-state index is -0.535. The van der Waals surface area contributed by atoms with Gasteiger partial charge in [-0.05, 0) is 38.8 Å². The zero-order valence-electron chi connectivity index (χ0n) is 14.5. The van der Waals surface area contributed by atoms with E-state index >= 15 is 0 Å². The summed E-state index contributed by atoms with van der Waals surface area (Å²) < 4.78 is 0. The van der Waals surface area contributed by atoms with Crippen LogP contribution in [0.15, 0.2) is 0 Å². The lowest BCUT2D eigenvalue weighted by molar-refractivity contribution is -0.133. The topological polar surface area (TPSA) is 59.4 Å². The summed E-state index contributed by atoms with van der Waals surface area (Å²) >= 11 is 0. The summed E-state index contributed by atoms with van der Waals surface area (Å²) in [5.74, 6) is 0.697. The number of guanidine groups is 1. The number of hydrogen-bond donors (Lipinski definition) is 2. The van der Waals surface area contributed by atoms with E-state index in [1.54, 1.807) is 7.05 Å². The van der Waals surface area contributed by atoms with Gasteiger partial charge in [0.15, 0.2) is 5.96 Å². The maximum atomic E-state index is 12.9. The zero-order valence-corrected chi connectivity index (χ0v) is 14.5. The lowest BCUT2D eigenvalue weighted by Crippen LogP contribution is -2.58. The quantitative estimate of drug-likeness (QED) is 0.759. The van der Waals surface area contributed by atoms with Crippen molar-refractivity contribution in [1.82, 2.24) is 15.1 Å². The summed E-state index contributed by atoms with van der Waals surface area (Å²) in [6, 6.07) is 0. The highest BCUT2D eigenvalue weighted by molar-refractivity contribution is 6.07. The lowest BCUT2D eigenvalue weighted by Gasteiger charge is -2.42. The Morgan fingerprint density at radius 2 is 2.05 bits per heavy atom. The Labute approximate surface area is 134 Å². The number of nitrogens with one attached hydrogen (secondary N) is 2. The zero-order chi connectivity index (χ0) is 16.2. The minimum absolute atomic E-state index is 0.105. The second-order valence-electron chi connectivity index (χ2n) is 6.91. The van der Waals surface area contributed by atoms with Crippen LogP contribution in [0, 0.1) is 11.3 Å². The summed E-state index contributed by atoms with van der Waals surface area (Å²) in [5, 5.41) is 11.3. The molecule has 1 amide bonds. The molecule has 2 atom stereocenters. The molecule has 2 saturated heterocycles. The molecular formula is C17H32N4O. The second kappa shape index (κ2) is 7.44. The van der Waals surface area contributed by atoms with Crippen LogP contribution in [0.2, 0.25) is 0 Å². The van der Waals surface area contributed by atoms with Gasteiger partial charge in [0.2, 0.25) is 0 Å². The molecule has 0 aliphatic carbocycles. The maximum absolute atomic E-state index is 12.9. The Hall–Kier alpha value is -1.10. The molecule has 126 valence electrons. The van der Waals surface area contributed by atoms with Crippen molar-refractivity contribution >= 4 is 11.9 Å². The van der Waals surface area contributed by atoms with E-state index in [1.807, 2.05) is 0 Å². The number of rotatable bonds is 7. The number of carbonyl (C=O) groups excluding carboxylic acids is 1. The van der Waals surface area contributed by atoms with Crippen LogP contribution >= 0.6 is 0 Å². The van der Waals surface area contributed by atoms with Crippen LogP contribution in [-0.2, 0) is 4.79 Å². The van der Waals surface area contributed by atoms with Crippen molar-refractivity contribution in [3.8, 4) is 0 Å². The monoisotopic (exact) mass is 308 g/mol. The molecule has 0 aromatic carbocycles. The second-order valence-corrected chi connectivity index (χ2v) is 6.91. The molecule has 0 aromatic rings. The average Bonchev–Trinajstić information content (AvgIpc) is 2.76. The molecule has 0 spiro atoms. The van der Waals surface area contributed by atoms with Crippen LogP contribution in [0.3, 0.4) is 0 Å². The summed E-state index contributed by atoms with van der Waals surface area (Å²) in [6.45, 7) is 7.67. The van der Waals surface area contributed by atoms with Gasteiger partial charge in [0.05, 0.1) is 0 Å². The summed E-state index contributed by atoms with van der Waals surface area (Å²) in [7, 11) is 1.73. The smallest absolute Gasteiger partial charge is 0.255 e. The Kier molecular flexibility index (Phi) is 5.84. The number of hydrogen-bond acceptors (Lipinski definition) is 3. The van der Waals surface area contributed by atoms with E-state index < -0.39 is 5.54 Å². The normalized spacial score (nSPS) is 30.0. The van der Waals surface area contributed by atoms with Gasteiger partial charge in [0, 0.05) is 19.5 Å². The van der Waals surface area contributed by atoms with Crippen LogP contribution in [0.4, 0.5) is 0 Å². The van der Waals surface area contributed by atoms with Gasteiger partial charge in [-0.3, -0.25) is 15.1 Å². The van der Waals surface area contributed by atoms with E-state index in [1.165, 1.54) is 17.7 Å². The highest BCUT2D eigenvalue weighted by atomic mass is 16.2. The summed E-state index contributed by atoms with van der Waals surface area (Å²) in [6.07, 6.45) is 7.66. The molecule has 2 aliphatic heterocycles. The first-order valence-electron chi connectivity index (χ1n) is 8.92. The molecule has 5 heteroatoms. The van der Waals surface area contributed by atoms with Crippen molar-refractivity contribution in [2.24, 2.45) is 5.92 Å². The largest absolute Gasteiger partial charge is 0.341 e. The van der Waals surface area contributed by atoms with Gasteiger partial charge in [-0.1, -0.05) is 33.1 Å². The molecule has 2 rings (SSSR count). The van der Waals surface area contributed by atoms with Gasteiger partial charge in [-0.25, -0.2) is 0 Å². The first-order chi connectivity index (χ1) is 10.5. The highest BCUT2D eigenvalue weighted by Crippen LogP contribution is 2.36. The molecular weight excluding hydrogens is 276 g/mol. The number of nitrogens with zero attached hydrogens (tertiary/aromatic N) is 2. The summed E-state index contributed by atoms with van der Waals surface area (Å²) in [5.41, 5.74) is -0.535. The molecule has 2 aliphatic rings. The number of likely N-dealkylation sites (tertiary alicyclic amines) is 1. The molecule has 2 N–H and O–H groups in total. The third-order valence-corrected chi connectivity index (χ3v) is 5.32. The van der Waals surface area contributed by atoms with Crippen LogP contribution in [-0.4, -0.2) is 53.9 Å². The van der Waals surface area contributed by atoms with Crippen molar-refractivity contribution in [2.45, 2.75) is 64.3 Å². The number of piperidine rings is 1. The van der Waals surface area contributed by atoms with E-state index in [0.29, 0.717) is 5.92 Å². The maximum Gasteiger partial charge on any atom is 0.255 e. The summed E-state index contributed by atoms with van der Waals surface area (Å²) in [4.78, 5) is 16.9. The fraction of sp³-hybridized carbons (Fsp3) is 0.882. The SMILES string of the molecule is CCCCN1CCCC([C@@]2(CCCC)NC(=N)N(C)C2=O)C1. The Balaban J connectivity index is 2.15. The fourth-order valence-corrected chi connectivity index (χ4v) is 3.90. The predicted molar refractivity (Wildman–Crippen MR) is 90.0 cm³/mol. The molecule has 0 aromatic heterocycles. The van der Waals surface area contributed by atoms with E-state index in [4.69, 9.17) is 5.41 Å². The van der Waals surface area contributed by atoms with Gasteiger partial charge >= 0.3 is 0 Å².